The van der Waals surface area contributed by atoms with E-state index in [0.717, 1.165) is 18.2 Å². The number of nitriles is 1. The molecule has 2 N–H and O–H groups in total. The van der Waals surface area contributed by atoms with Gasteiger partial charge in [0.05, 0.1) is 41.7 Å². The third kappa shape index (κ3) is 3.95. The lowest BCUT2D eigenvalue weighted by atomic mass is 9.92. The SMILES string of the molecule is COc1nc(N2CCO[C@H](C)C2C)c2cc(C(F)(F)F)c(-c3ccc(F)c4sc(N)c(C#N)c34)c(F)c2n1. The monoisotopic (exact) mass is 549 g/mol. The van der Waals surface area contributed by atoms with Gasteiger partial charge in [-0.3, -0.25) is 0 Å². The summed E-state index contributed by atoms with van der Waals surface area (Å²) < 4.78 is 85.2. The maximum atomic E-state index is 16.4. The van der Waals surface area contributed by atoms with E-state index in [1.807, 2.05) is 13.8 Å². The summed E-state index contributed by atoms with van der Waals surface area (Å²) in [4.78, 5) is 10.1. The van der Waals surface area contributed by atoms with Crippen LogP contribution in [0.15, 0.2) is 18.2 Å². The number of nitrogens with two attached hydrogens (primary N) is 1. The Hall–Kier alpha value is -3.76. The highest BCUT2D eigenvalue weighted by Crippen LogP contribution is 2.48. The second kappa shape index (κ2) is 9.21. The van der Waals surface area contributed by atoms with Crippen molar-refractivity contribution in [3.63, 3.8) is 0 Å². The topological polar surface area (TPSA) is 97.3 Å². The van der Waals surface area contributed by atoms with Crippen molar-refractivity contribution < 1.29 is 31.4 Å². The quantitative estimate of drug-likeness (QED) is 0.319. The number of ether oxygens (including phenoxy) is 2. The van der Waals surface area contributed by atoms with E-state index in [1.54, 1.807) is 11.0 Å². The van der Waals surface area contributed by atoms with E-state index in [2.05, 4.69) is 9.97 Å². The molecule has 3 heterocycles. The van der Waals surface area contributed by atoms with E-state index in [0.29, 0.717) is 17.9 Å². The number of anilines is 2. The van der Waals surface area contributed by atoms with Crippen molar-refractivity contribution in [1.29, 1.82) is 5.26 Å². The van der Waals surface area contributed by atoms with Gasteiger partial charge < -0.3 is 20.1 Å². The van der Waals surface area contributed by atoms with Gasteiger partial charge in [-0.2, -0.15) is 28.4 Å². The van der Waals surface area contributed by atoms with E-state index in [9.17, 15) is 22.8 Å². The standard InChI is InChI=1S/C25H20F5N5O2S/c1-10-11(2)37-7-6-35(10)23-13-8-15(25(28,29)30)18(19(27)20(13)33-24(34-23)36-3)12-4-5-16(26)21-17(12)14(9-31)22(32)38-21/h4-5,8,10-11H,6-7,32H2,1-3H3/t10?,11-/m1/s1. The number of fused-ring (bicyclic) bond motifs is 2. The van der Waals surface area contributed by atoms with Crippen LogP contribution < -0.4 is 15.4 Å². The van der Waals surface area contributed by atoms with Crippen LogP contribution in [0.25, 0.3) is 32.1 Å². The molecule has 0 saturated carbocycles. The molecule has 0 radical (unpaired) electrons. The van der Waals surface area contributed by atoms with Crippen LogP contribution >= 0.6 is 11.3 Å². The number of morpholine rings is 1. The Bertz CT molecular complexity index is 1630. The van der Waals surface area contributed by atoms with Crippen LogP contribution in [0.1, 0.15) is 25.0 Å². The molecular formula is C25H20F5N5O2S. The number of alkyl halides is 3. The van der Waals surface area contributed by atoms with Gasteiger partial charge in [-0.1, -0.05) is 6.07 Å². The number of hydrogen-bond donors (Lipinski definition) is 1. The third-order valence-electron chi connectivity index (χ3n) is 6.73. The molecule has 2 aromatic carbocycles. The van der Waals surface area contributed by atoms with Gasteiger partial charge in [-0.15, -0.1) is 11.3 Å². The normalized spacial score (nSPS) is 18.2. The number of thiophene rings is 1. The zero-order valence-electron chi connectivity index (χ0n) is 20.3. The summed E-state index contributed by atoms with van der Waals surface area (Å²) in [6, 6.07) is 3.97. The summed E-state index contributed by atoms with van der Waals surface area (Å²) in [5.74, 6) is -2.04. The van der Waals surface area contributed by atoms with Crippen molar-refractivity contribution in [2.75, 3.05) is 30.9 Å². The van der Waals surface area contributed by atoms with Gasteiger partial charge >= 0.3 is 12.2 Å². The predicted molar refractivity (Wildman–Crippen MR) is 133 cm³/mol. The molecule has 38 heavy (non-hydrogen) atoms. The van der Waals surface area contributed by atoms with Crippen LogP contribution in [-0.2, 0) is 10.9 Å². The third-order valence-corrected chi connectivity index (χ3v) is 7.76. The minimum atomic E-state index is -5.03. The first-order valence-electron chi connectivity index (χ1n) is 11.4. The second-order valence-corrected chi connectivity index (χ2v) is 9.86. The van der Waals surface area contributed by atoms with Crippen molar-refractivity contribution in [1.82, 2.24) is 9.97 Å². The zero-order valence-corrected chi connectivity index (χ0v) is 21.1. The molecule has 198 valence electrons. The highest BCUT2D eigenvalue weighted by Gasteiger charge is 2.39. The summed E-state index contributed by atoms with van der Waals surface area (Å²) in [6.45, 7) is 4.22. The van der Waals surface area contributed by atoms with Gasteiger partial charge in [0.2, 0.25) is 0 Å². The molecule has 7 nitrogen and oxygen atoms in total. The summed E-state index contributed by atoms with van der Waals surface area (Å²) in [5.41, 5.74) is 2.68. The van der Waals surface area contributed by atoms with Crippen LogP contribution in [0.2, 0.25) is 0 Å². The number of rotatable bonds is 3. The number of benzene rings is 2. The van der Waals surface area contributed by atoms with Gasteiger partial charge in [-0.25, -0.2) is 8.78 Å². The lowest BCUT2D eigenvalue weighted by Gasteiger charge is -2.39. The number of nitrogens with zero attached hydrogens (tertiary/aromatic N) is 4. The first-order chi connectivity index (χ1) is 18.0. The maximum Gasteiger partial charge on any atom is 0.417 e. The molecule has 0 bridgehead atoms. The van der Waals surface area contributed by atoms with Gasteiger partial charge in [0.25, 0.3) is 0 Å². The smallest absolute Gasteiger partial charge is 0.417 e. The lowest BCUT2D eigenvalue weighted by molar-refractivity contribution is -0.137. The Balaban J connectivity index is 1.92. The average molecular weight is 550 g/mol. The minimum absolute atomic E-state index is 0.0622. The predicted octanol–water partition coefficient (Wildman–Crippen LogP) is 5.88. The van der Waals surface area contributed by atoms with E-state index in [4.69, 9.17) is 15.2 Å². The van der Waals surface area contributed by atoms with E-state index < -0.39 is 34.5 Å². The molecule has 1 fully saturated rings. The highest BCUT2D eigenvalue weighted by molar-refractivity contribution is 7.23. The van der Waals surface area contributed by atoms with Crippen LogP contribution in [0.4, 0.5) is 32.8 Å². The fraction of sp³-hybridized carbons (Fsp3) is 0.320. The Labute approximate surface area is 217 Å². The summed E-state index contributed by atoms with van der Waals surface area (Å²) in [7, 11) is 1.26. The van der Waals surface area contributed by atoms with Crippen LogP contribution in [0, 0.1) is 23.0 Å². The highest BCUT2D eigenvalue weighted by atomic mass is 32.1. The molecule has 0 spiro atoms. The lowest BCUT2D eigenvalue weighted by Crippen LogP contribution is -2.49. The molecule has 1 aliphatic heterocycles. The molecule has 4 aromatic rings. The van der Waals surface area contributed by atoms with Gasteiger partial charge in [0.1, 0.15) is 28.2 Å². The average Bonchev–Trinajstić information content (AvgIpc) is 3.22. The number of nitrogen functional groups attached to an aromatic ring is 1. The Kier molecular flexibility index (Phi) is 6.27. The molecule has 2 aromatic heterocycles. The van der Waals surface area contributed by atoms with Gasteiger partial charge in [0.15, 0.2) is 5.82 Å². The van der Waals surface area contributed by atoms with Crippen molar-refractivity contribution >= 4 is 43.1 Å². The van der Waals surface area contributed by atoms with Crippen molar-refractivity contribution in [2.24, 2.45) is 0 Å². The van der Waals surface area contributed by atoms with Crippen LogP contribution in [0.5, 0.6) is 6.01 Å². The molecule has 1 aliphatic rings. The Morgan fingerprint density at radius 2 is 1.97 bits per heavy atom. The summed E-state index contributed by atoms with van der Waals surface area (Å²) in [5, 5.41) is 9.15. The molecule has 13 heteroatoms. The summed E-state index contributed by atoms with van der Waals surface area (Å²) >= 11 is 0.702. The number of hydrogen-bond acceptors (Lipinski definition) is 8. The number of methoxy groups -OCH3 is 1. The fourth-order valence-corrected chi connectivity index (χ4v) is 5.68. The van der Waals surface area contributed by atoms with E-state index in [1.165, 1.54) is 7.11 Å². The zero-order chi connectivity index (χ0) is 27.5. The number of halogens is 5. The molecule has 0 aliphatic carbocycles. The van der Waals surface area contributed by atoms with Crippen molar-refractivity contribution in [2.45, 2.75) is 32.2 Å². The minimum Gasteiger partial charge on any atom is -0.467 e. The van der Waals surface area contributed by atoms with Gasteiger partial charge in [0, 0.05) is 22.9 Å². The second-order valence-electron chi connectivity index (χ2n) is 8.80. The first kappa shape index (κ1) is 25.9. The van der Waals surface area contributed by atoms with Crippen LogP contribution in [0.3, 0.4) is 0 Å². The van der Waals surface area contributed by atoms with E-state index in [-0.39, 0.29) is 62.2 Å². The Morgan fingerprint density at radius 1 is 1.24 bits per heavy atom. The molecule has 1 unspecified atom stereocenters. The van der Waals surface area contributed by atoms with Crippen molar-refractivity contribution in [3.05, 3.63) is 41.0 Å². The van der Waals surface area contributed by atoms with Crippen molar-refractivity contribution in [3.8, 4) is 23.2 Å². The molecule has 2 atom stereocenters. The fourth-order valence-electron chi connectivity index (χ4n) is 4.73. The maximum absolute atomic E-state index is 16.4. The summed E-state index contributed by atoms with van der Waals surface area (Å²) in [6.07, 6.45) is -5.30. The Morgan fingerprint density at radius 3 is 2.63 bits per heavy atom. The van der Waals surface area contributed by atoms with Gasteiger partial charge in [-0.05, 0) is 31.5 Å². The van der Waals surface area contributed by atoms with Crippen LogP contribution in [-0.4, -0.2) is 42.4 Å². The van der Waals surface area contributed by atoms with E-state index >= 15 is 4.39 Å². The number of aromatic nitrogens is 2. The largest absolute Gasteiger partial charge is 0.467 e. The first-order valence-corrected chi connectivity index (χ1v) is 12.2. The molecule has 5 rings (SSSR count). The molecular weight excluding hydrogens is 529 g/mol. The molecule has 0 amide bonds. The molecule has 1 saturated heterocycles.